The van der Waals surface area contributed by atoms with E-state index in [9.17, 15) is 4.79 Å². The molecule has 0 unspecified atom stereocenters. The number of thioether (sulfide) groups is 1. The van der Waals surface area contributed by atoms with Crippen molar-refractivity contribution in [2.45, 2.75) is 17.6 Å². The van der Waals surface area contributed by atoms with E-state index in [0.717, 1.165) is 16.0 Å². The second-order valence-electron chi connectivity index (χ2n) is 4.23. The fourth-order valence-corrected chi connectivity index (χ4v) is 2.59. The minimum absolute atomic E-state index is 0.322. The van der Waals surface area contributed by atoms with Crippen molar-refractivity contribution in [3.63, 3.8) is 0 Å². The van der Waals surface area contributed by atoms with E-state index in [1.807, 2.05) is 18.2 Å². The number of nitriles is 1. The number of carbonyl (C=O) groups is 1. The SMILES string of the molecule is Cc1ccc(SCc2ccnc(C#N)c2)cc1C(=O)O. The Morgan fingerprint density at radius 3 is 2.90 bits per heavy atom. The van der Waals surface area contributed by atoms with E-state index >= 15 is 0 Å². The third-order valence-electron chi connectivity index (χ3n) is 2.78. The monoisotopic (exact) mass is 284 g/mol. The Morgan fingerprint density at radius 1 is 1.40 bits per heavy atom. The lowest BCUT2D eigenvalue weighted by Gasteiger charge is -2.05. The summed E-state index contributed by atoms with van der Waals surface area (Å²) in [4.78, 5) is 15.9. The second kappa shape index (κ2) is 6.22. The molecule has 0 atom stereocenters. The zero-order valence-electron chi connectivity index (χ0n) is 10.8. The largest absolute Gasteiger partial charge is 0.478 e. The van der Waals surface area contributed by atoms with E-state index in [2.05, 4.69) is 4.98 Å². The number of hydrogen-bond donors (Lipinski definition) is 1. The number of benzene rings is 1. The van der Waals surface area contributed by atoms with Gasteiger partial charge in [-0.05, 0) is 42.3 Å². The van der Waals surface area contributed by atoms with Crippen LogP contribution in [0.5, 0.6) is 0 Å². The number of hydrogen-bond acceptors (Lipinski definition) is 4. The van der Waals surface area contributed by atoms with Gasteiger partial charge in [0, 0.05) is 16.8 Å². The summed E-state index contributed by atoms with van der Waals surface area (Å²) in [5, 5.41) is 17.9. The number of aromatic nitrogens is 1. The van der Waals surface area contributed by atoms with Crippen LogP contribution in [0.1, 0.15) is 27.2 Å². The smallest absolute Gasteiger partial charge is 0.335 e. The van der Waals surface area contributed by atoms with Crippen LogP contribution in [-0.2, 0) is 5.75 Å². The van der Waals surface area contributed by atoms with Gasteiger partial charge in [-0.1, -0.05) is 6.07 Å². The summed E-state index contributed by atoms with van der Waals surface area (Å²) in [6, 6.07) is 11.0. The third kappa shape index (κ3) is 3.37. The first-order chi connectivity index (χ1) is 9.60. The molecule has 0 aliphatic rings. The maximum absolute atomic E-state index is 11.1. The quantitative estimate of drug-likeness (QED) is 0.872. The average Bonchev–Trinajstić information content (AvgIpc) is 2.46. The predicted molar refractivity (Wildman–Crippen MR) is 76.7 cm³/mol. The number of aryl methyl sites for hydroxylation is 1. The highest BCUT2D eigenvalue weighted by atomic mass is 32.2. The third-order valence-corrected chi connectivity index (χ3v) is 3.85. The molecule has 0 saturated carbocycles. The first kappa shape index (κ1) is 14.1. The van der Waals surface area contributed by atoms with Gasteiger partial charge in [-0.25, -0.2) is 9.78 Å². The summed E-state index contributed by atoms with van der Waals surface area (Å²) in [5.41, 5.74) is 2.44. The number of aromatic carboxylic acids is 1. The van der Waals surface area contributed by atoms with Crippen molar-refractivity contribution in [2.75, 3.05) is 0 Å². The van der Waals surface area contributed by atoms with Crippen LogP contribution in [0.4, 0.5) is 0 Å². The Morgan fingerprint density at radius 2 is 2.20 bits per heavy atom. The molecule has 5 heteroatoms. The highest BCUT2D eigenvalue weighted by Gasteiger charge is 2.08. The molecular formula is C15H12N2O2S. The van der Waals surface area contributed by atoms with Crippen LogP contribution >= 0.6 is 11.8 Å². The molecule has 1 aromatic heterocycles. The van der Waals surface area contributed by atoms with Gasteiger partial charge in [0.25, 0.3) is 0 Å². The van der Waals surface area contributed by atoms with Gasteiger partial charge in [-0.15, -0.1) is 11.8 Å². The van der Waals surface area contributed by atoms with Gasteiger partial charge in [-0.3, -0.25) is 0 Å². The lowest BCUT2D eigenvalue weighted by molar-refractivity contribution is 0.0696. The molecule has 2 rings (SSSR count). The Labute approximate surface area is 121 Å². The molecular weight excluding hydrogens is 272 g/mol. The molecule has 1 heterocycles. The topological polar surface area (TPSA) is 74.0 Å². The molecule has 0 aliphatic heterocycles. The van der Waals surface area contributed by atoms with Gasteiger partial charge >= 0.3 is 5.97 Å². The summed E-state index contributed by atoms with van der Waals surface area (Å²) >= 11 is 1.53. The van der Waals surface area contributed by atoms with Crippen LogP contribution in [0.25, 0.3) is 0 Å². The van der Waals surface area contributed by atoms with Crippen molar-refractivity contribution in [2.24, 2.45) is 0 Å². The molecule has 0 saturated heterocycles. The van der Waals surface area contributed by atoms with Gasteiger partial charge in [0.15, 0.2) is 0 Å². The highest BCUT2D eigenvalue weighted by Crippen LogP contribution is 2.25. The average molecular weight is 284 g/mol. The van der Waals surface area contributed by atoms with Gasteiger partial charge < -0.3 is 5.11 Å². The van der Waals surface area contributed by atoms with Crippen molar-refractivity contribution in [3.05, 3.63) is 58.9 Å². The fraction of sp³-hybridized carbons (Fsp3) is 0.133. The molecule has 0 fully saturated rings. The minimum atomic E-state index is -0.916. The molecule has 100 valence electrons. The minimum Gasteiger partial charge on any atom is -0.478 e. The maximum atomic E-state index is 11.1. The van der Waals surface area contributed by atoms with Crippen LogP contribution in [0.2, 0.25) is 0 Å². The van der Waals surface area contributed by atoms with Crippen LogP contribution in [0.3, 0.4) is 0 Å². The van der Waals surface area contributed by atoms with E-state index in [0.29, 0.717) is 17.0 Å². The molecule has 0 radical (unpaired) electrons. The standard InChI is InChI=1S/C15H12N2O2S/c1-10-2-3-13(7-14(10)15(18)19)20-9-11-4-5-17-12(6-11)8-16/h2-7H,9H2,1H3,(H,18,19). The second-order valence-corrected chi connectivity index (χ2v) is 5.28. The summed E-state index contributed by atoms with van der Waals surface area (Å²) in [6.45, 7) is 1.78. The van der Waals surface area contributed by atoms with E-state index in [-0.39, 0.29) is 0 Å². The van der Waals surface area contributed by atoms with Crippen molar-refractivity contribution in [3.8, 4) is 6.07 Å². The molecule has 1 aromatic carbocycles. The molecule has 2 aromatic rings. The number of rotatable bonds is 4. The summed E-state index contributed by atoms with van der Waals surface area (Å²) < 4.78 is 0. The zero-order chi connectivity index (χ0) is 14.5. The first-order valence-electron chi connectivity index (χ1n) is 5.92. The molecule has 1 N–H and O–H groups in total. The van der Waals surface area contributed by atoms with E-state index < -0.39 is 5.97 Å². The van der Waals surface area contributed by atoms with Crippen molar-refractivity contribution in [1.29, 1.82) is 5.26 Å². The highest BCUT2D eigenvalue weighted by molar-refractivity contribution is 7.98. The van der Waals surface area contributed by atoms with E-state index in [4.69, 9.17) is 10.4 Å². The Bertz CT molecular complexity index is 693. The Kier molecular flexibility index (Phi) is 4.38. The lowest BCUT2D eigenvalue weighted by Crippen LogP contribution is -1.99. The number of nitrogens with zero attached hydrogens (tertiary/aromatic N) is 2. The number of pyridine rings is 1. The molecule has 0 amide bonds. The summed E-state index contributed by atoms with van der Waals surface area (Å²) in [6.07, 6.45) is 1.60. The van der Waals surface area contributed by atoms with E-state index in [1.54, 1.807) is 31.3 Å². The molecule has 0 spiro atoms. The Hall–Kier alpha value is -2.32. The Balaban J connectivity index is 2.13. The summed E-state index contributed by atoms with van der Waals surface area (Å²) in [7, 11) is 0. The molecule has 4 nitrogen and oxygen atoms in total. The maximum Gasteiger partial charge on any atom is 0.335 e. The van der Waals surface area contributed by atoms with Gasteiger partial charge in [0.05, 0.1) is 5.56 Å². The summed E-state index contributed by atoms with van der Waals surface area (Å²) in [5.74, 6) is -0.250. The normalized spacial score (nSPS) is 10.0. The zero-order valence-corrected chi connectivity index (χ0v) is 11.6. The molecule has 0 aliphatic carbocycles. The van der Waals surface area contributed by atoms with E-state index in [1.165, 1.54) is 11.8 Å². The molecule has 0 bridgehead atoms. The predicted octanol–water partition coefficient (Wildman–Crippen LogP) is 3.25. The fourth-order valence-electron chi connectivity index (χ4n) is 1.71. The van der Waals surface area contributed by atoms with Crippen LogP contribution < -0.4 is 0 Å². The van der Waals surface area contributed by atoms with Crippen LogP contribution in [0.15, 0.2) is 41.4 Å². The van der Waals surface area contributed by atoms with Crippen LogP contribution in [0, 0.1) is 18.3 Å². The van der Waals surface area contributed by atoms with Crippen LogP contribution in [-0.4, -0.2) is 16.1 Å². The van der Waals surface area contributed by atoms with Crippen molar-refractivity contribution in [1.82, 2.24) is 4.98 Å². The van der Waals surface area contributed by atoms with Crippen molar-refractivity contribution >= 4 is 17.7 Å². The number of carboxylic acids is 1. The number of carboxylic acid groups (broad SMARTS) is 1. The van der Waals surface area contributed by atoms with Crippen molar-refractivity contribution < 1.29 is 9.90 Å². The molecule has 20 heavy (non-hydrogen) atoms. The van der Waals surface area contributed by atoms with Gasteiger partial charge in [-0.2, -0.15) is 5.26 Å². The lowest BCUT2D eigenvalue weighted by atomic mass is 10.1. The van der Waals surface area contributed by atoms with Gasteiger partial charge in [0.2, 0.25) is 0 Å². The van der Waals surface area contributed by atoms with Gasteiger partial charge in [0.1, 0.15) is 11.8 Å². The first-order valence-corrected chi connectivity index (χ1v) is 6.90.